The van der Waals surface area contributed by atoms with Crippen LogP contribution in [0.1, 0.15) is 40.0 Å². The summed E-state index contributed by atoms with van der Waals surface area (Å²) in [5, 5.41) is 9.52. The number of para-hydroxylation sites is 1. The Bertz CT molecular complexity index is 1310. The van der Waals surface area contributed by atoms with E-state index in [1.165, 1.54) is 16.9 Å². The topological polar surface area (TPSA) is 83.1 Å². The first kappa shape index (κ1) is 22.8. The second-order valence-corrected chi connectivity index (χ2v) is 9.26. The predicted octanol–water partition coefficient (Wildman–Crippen LogP) is 6.70. The van der Waals surface area contributed by atoms with Gasteiger partial charge < -0.3 is 10.6 Å². The third kappa shape index (κ3) is 5.32. The zero-order valence-corrected chi connectivity index (χ0v) is 20.0. The van der Waals surface area contributed by atoms with Gasteiger partial charge in [0.05, 0.1) is 27.0 Å². The molecule has 33 heavy (non-hydrogen) atoms. The molecule has 0 unspecified atom stereocenters. The smallest absolute Gasteiger partial charge is 0.321 e. The highest BCUT2D eigenvalue weighted by Crippen LogP contribution is 2.29. The molecular formula is C25H23ClN4O2S. The van der Waals surface area contributed by atoms with Gasteiger partial charge in [0.1, 0.15) is 0 Å². The van der Waals surface area contributed by atoms with Gasteiger partial charge >= 0.3 is 6.03 Å². The SMILES string of the molecule is Cc1ccc([C@H](C)NC(=O)Nc2nc3ccc(C(=O)Nc4c(C)cccc4Cl)cc3s2)cc1. The Morgan fingerprint density at radius 3 is 2.48 bits per heavy atom. The van der Waals surface area contributed by atoms with Crippen molar-refractivity contribution in [2.24, 2.45) is 0 Å². The van der Waals surface area contributed by atoms with Gasteiger partial charge in [0.25, 0.3) is 5.91 Å². The number of urea groups is 1. The summed E-state index contributed by atoms with van der Waals surface area (Å²) in [7, 11) is 0. The highest BCUT2D eigenvalue weighted by atomic mass is 35.5. The molecule has 0 saturated heterocycles. The first-order valence-electron chi connectivity index (χ1n) is 10.4. The molecule has 4 rings (SSSR count). The molecule has 1 atom stereocenters. The Kier molecular flexibility index (Phi) is 6.62. The second-order valence-electron chi connectivity index (χ2n) is 7.82. The standard InChI is InChI=1S/C25H23ClN4O2S/c1-14-7-9-17(10-8-14)16(3)27-24(32)30-25-28-20-12-11-18(13-21(20)33-25)23(31)29-22-15(2)5-4-6-19(22)26/h4-13,16H,1-3H3,(H,29,31)(H2,27,28,30,32)/t16-/m0/s1. The average Bonchev–Trinajstić information content (AvgIpc) is 3.17. The molecule has 0 aliphatic rings. The number of hydrogen-bond donors (Lipinski definition) is 3. The number of carbonyl (C=O) groups excluding carboxylic acids is 2. The van der Waals surface area contributed by atoms with Crippen molar-refractivity contribution in [3.8, 4) is 0 Å². The molecule has 0 radical (unpaired) electrons. The van der Waals surface area contributed by atoms with Crippen LogP contribution in [-0.4, -0.2) is 16.9 Å². The molecule has 3 amide bonds. The monoisotopic (exact) mass is 478 g/mol. The number of benzene rings is 3. The van der Waals surface area contributed by atoms with E-state index >= 15 is 0 Å². The molecule has 6 nitrogen and oxygen atoms in total. The fraction of sp³-hybridized carbons (Fsp3) is 0.160. The summed E-state index contributed by atoms with van der Waals surface area (Å²) in [5.41, 5.74) is 4.84. The van der Waals surface area contributed by atoms with E-state index in [4.69, 9.17) is 11.6 Å². The van der Waals surface area contributed by atoms with E-state index in [2.05, 4.69) is 20.9 Å². The van der Waals surface area contributed by atoms with Gasteiger partial charge in [-0.3, -0.25) is 10.1 Å². The molecule has 1 aromatic heterocycles. The minimum Gasteiger partial charge on any atom is -0.331 e. The van der Waals surface area contributed by atoms with Crippen molar-refractivity contribution in [3.63, 3.8) is 0 Å². The number of aryl methyl sites for hydroxylation is 2. The van der Waals surface area contributed by atoms with Gasteiger partial charge in [-0.05, 0) is 56.2 Å². The number of thiazole rings is 1. The van der Waals surface area contributed by atoms with Gasteiger partial charge in [0, 0.05) is 5.56 Å². The summed E-state index contributed by atoms with van der Waals surface area (Å²) in [4.78, 5) is 29.7. The number of amides is 3. The summed E-state index contributed by atoms with van der Waals surface area (Å²) >= 11 is 7.53. The maximum atomic E-state index is 12.8. The van der Waals surface area contributed by atoms with E-state index in [1.807, 2.05) is 57.2 Å². The lowest BCUT2D eigenvalue weighted by Crippen LogP contribution is -2.31. The van der Waals surface area contributed by atoms with Crippen molar-refractivity contribution >= 4 is 55.9 Å². The highest BCUT2D eigenvalue weighted by molar-refractivity contribution is 7.22. The molecule has 1 heterocycles. The van der Waals surface area contributed by atoms with E-state index in [0.717, 1.165) is 15.8 Å². The van der Waals surface area contributed by atoms with Gasteiger partial charge in [-0.2, -0.15) is 0 Å². The summed E-state index contributed by atoms with van der Waals surface area (Å²) in [6, 6.07) is 18.2. The molecule has 0 aliphatic carbocycles. The molecule has 0 bridgehead atoms. The van der Waals surface area contributed by atoms with Gasteiger partial charge in [0.2, 0.25) is 0 Å². The van der Waals surface area contributed by atoms with Crippen LogP contribution in [0.15, 0.2) is 60.7 Å². The fourth-order valence-corrected chi connectivity index (χ4v) is 4.53. The molecule has 0 aliphatic heterocycles. The molecule has 3 aromatic carbocycles. The zero-order valence-electron chi connectivity index (χ0n) is 18.4. The van der Waals surface area contributed by atoms with Crippen LogP contribution in [0.5, 0.6) is 0 Å². The van der Waals surface area contributed by atoms with Crippen LogP contribution in [0.3, 0.4) is 0 Å². The zero-order chi connectivity index (χ0) is 23.5. The lowest BCUT2D eigenvalue weighted by Gasteiger charge is -2.14. The van der Waals surface area contributed by atoms with Crippen LogP contribution in [-0.2, 0) is 0 Å². The summed E-state index contributed by atoms with van der Waals surface area (Å²) < 4.78 is 0.792. The molecule has 0 spiro atoms. The van der Waals surface area contributed by atoms with E-state index in [9.17, 15) is 9.59 Å². The predicted molar refractivity (Wildman–Crippen MR) is 136 cm³/mol. The van der Waals surface area contributed by atoms with Crippen LogP contribution < -0.4 is 16.0 Å². The van der Waals surface area contributed by atoms with Crippen molar-refractivity contribution in [2.45, 2.75) is 26.8 Å². The van der Waals surface area contributed by atoms with E-state index in [1.54, 1.807) is 24.3 Å². The van der Waals surface area contributed by atoms with Crippen LogP contribution in [0.4, 0.5) is 15.6 Å². The Labute approximate surface area is 201 Å². The average molecular weight is 479 g/mol. The van der Waals surface area contributed by atoms with Crippen molar-refractivity contribution in [1.82, 2.24) is 10.3 Å². The lowest BCUT2D eigenvalue weighted by atomic mass is 10.1. The summed E-state index contributed by atoms with van der Waals surface area (Å²) in [6.07, 6.45) is 0. The van der Waals surface area contributed by atoms with Crippen LogP contribution >= 0.6 is 22.9 Å². The Balaban J connectivity index is 1.44. The minimum atomic E-state index is -0.339. The minimum absolute atomic E-state index is 0.149. The summed E-state index contributed by atoms with van der Waals surface area (Å²) in [6.45, 7) is 5.83. The Morgan fingerprint density at radius 2 is 1.76 bits per heavy atom. The van der Waals surface area contributed by atoms with E-state index in [-0.39, 0.29) is 18.0 Å². The van der Waals surface area contributed by atoms with Crippen molar-refractivity contribution in [2.75, 3.05) is 10.6 Å². The molecule has 8 heteroatoms. The number of nitrogens with zero attached hydrogens (tertiary/aromatic N) is 1. The number of aromatic nitrogens is 1. The van der Waals surface area contributed by atoms with Crippen LogP contribution in [0, 0.1) is 13.8 Å². The first-order valence-corrected chi connectivity index (χ1v) is 11.6. The quantitative estimate of drug-likeness (QED) is 0.298. The lowest BCUT2D eigenvalue weighted by molar-refractivity contribution is 0.102. The van der Waals surface area contributed by atoms with Crippen molar-refractivity contribution in [3.05, 3.63) is 87.9 Å². The molecule has 168 valence electrons. The number of hydrogen-bond acceptors (Lipinski definition) is 4. The third-order valence-corrected chi connectivity index (χ3v) is 6.51. The first-order chi connectivity index (χ1) is 15.8. The molecule has 4 aromatic rings. The number of anilines is 2. The molecular weight excluding hydrogens is 456 g/mol. The number of carbonyl (C=O) groups is 2. The Morgan fingerprint density at radius 1 is 1.00 bits per heavy atom. The largest absolute Gasteiger partial charge is 0.331 e. The molecule has 3 N–H and O–H groups in total. The number of rotatable bonds is 5. The second kappa shape index (κ2) is 9.60. The van der Waals surface area contributed by atoms with Gasteiger partial charge in [-0.1, -0.05) is 64.9 Å². The fourth-order valence-electron chi connectivity index (χ4n) is 3.36. The highest BCUT2D eigenvalue weighted by Gasteiger charge is 2.15. The normalized spacial score (nSPS) is 11.8. The third-order valence-electron chi connectivity index (χ3n) is 5.26. The number of nitrogens with one attached hydrogen (secondary N) is 3. The van der Waals surface area contributed by atoms with E-state index in [0.29, 0.717) is 26.9 Å². The van der Waals surface area contributed by atoms with Gasteiger partial charge in [-0.25, -0.2) is 9.78 Å². The molecule has 0 fully saturated rings. The van der Waals surface area contributed by atoms with Gasteiger partial charge in [-0.15, -0.1) is 0 Å². The number of fused-ring (bicyclic) bond motifs is 1. The van der Waals surface area contributed by atoms with Crippen molar-refractivity contribution in [1.29, 1.82) is 0 Å². The summed E-state index contributed by atoms with van der Waals surface area (Å²) in [5.74, 6) is -0.263. The molecule has 0 saturated carbocycles. The van der Waals surface area contributed by atoms with Crippen molar-refractivity contribution < 1.29 is 9.59 Å². The van der Waals surface area contributed by atoms with E-state index < -0.39 is 0 Å². The van der Waals surface area contributed by atoms with Crippen LogP contribution in [0.25, 0.3) is 10.2 Å². The Hall–Kier alpha value is -3.42. The number of halogens is 1. The maximum absolute atomic E-state index is 12.8. The maximum Gasteiger partial charge on any atom is 0.321 e. The van der Waals surface area contributed by atoms with Gasteiger partial charge in [0.15, 0.2) is 5.13 Å². The van der Waals surface area contributed by atoms with Crippen LogP contribution in [0.2, 0.25) is 5.02 Å².